The van der Waals surface area contributed by atoms with E-state index in [0.29, 0.717) is 0 Å². The van der Waals surface area contributed by atoms with Crippen LogP contribution in [0, 0.1) is 27.7 Å². The molecule has 0 radical (unpaired) electrons. The van der Waals surface area contributed by atoms with Gasteiger partial charge in [-0.2, -0.15) is 5.10 Å². The second kappa shape index (κ2) is 4.77. The standard InChI is InChI=1S/C16H15N5O2/c1-8-14(10(3)22-19-8)12-5-13(15-9(2)20-23-11(15)4)16-17-7-18-21(16)6-12/h5-7H,1-4H3. The molecule has 0 fully saturated rings. The average molecular weight is 309 g/mol. The van der Waals surface area contributed by atoms with Crippen LogP contribution in [0.5, 0.6) is 0 Å². The third-order valence-electron chi connectivity index (χ3n) is 4.00. The second-order valence-electron chi connectivity index (χ2n) is 5.57. The fraction of sp³-hybridized carbons (Fsp3) is 0.250. The number of rotatable bonds is 2. The number of aryl methyl sites for hydroxylation is 4. The molecule has 0 bridgehead atoms. The summed E-state index contributed by atoms with van der Waals surface area (Å²) in [6.07, 6.45) is 3.46. The summed E-state index contributed by atoms with van der Waals surface area (Å²) < 4.78 is 12.4. The molecule has 0 amide bonds. The Hall–Kier alpha value is -2.96. The summed E-state index contributed by atoms with van der Waals surface area (Å²) in [6.45, 7) is 7.63. The maximum Gasteiger partial charge on any atom is 0.163 e. The van der Waals surface area contributed by atoms with Gasteiger partial charge in [0.25, 0.3) is 0 Å². The summed E-state index contributed by atoms with van der Waals surface area (Å²) in [5.74, 6) is 1.52. The molecule has 4 heterocycles. The highest BCUT2D eigenvalue weighted by molar-refractivity contribution is 5.84. The topological polar surface area (TPSA) is 82.2 Å². The van der Waals surface area contributed by atoms with E-state index in [0.717, 1.165) is 50.8 Å². The van der Waals surface area contributed by atoms with Crippen LogP contribution in [0.1, 0.15) is 22.9 Å². The zero-order chi connectivity index (χ0) is 16.1. The van der Waals surface area contributed by atoms with Gasteiger partial charge in [0.1, 0.15) is 17.8 Å². The van der Waals surface area contributed by atoms with E-state index in [1.165, 1.54) is 6.33 Å². The van der Waals surface area contributed by atoms with E-state index in [-0.39, 0.29) is 0 Å². The first-order valence-electron chi connectivity index (χ1n) is 7.26. The van der Waals surface area contributed by atoms with E-state index >= 15 is 0 Å². The van der Waals surface area contributed by atoms with Crippen LogP contribution >= 0.6 is 0 Å². The molecule has 4 rings (SSSR count). The number of aromatic nitrogens is 5. The molecule has 0 spiro atoms. The summed E-state index contributed by atoms with van der Waals surface area (Å²) in [5.41, 5.74) is 6.22. The van der Waals surface area contributed by atoms with E-state index in [9.17, 15) is 0 Å². The van der Waals surface area contributed by atoms with Gasteiger partial charge in [-0.3, -0.25) is 0 Å². The minimum absolute atomic E-state index is 0.753. The van der Waals surface area contributed by atoms with Gasteiger partial charge in [0.05, 0.1) is 17.0 Å². The molecule has 116 valence electrons. The maximum atomic E-state index is 5.31. The molecule has 0 unspecified atom stereocenters. The molecular weight excluding hydrogens is 294 g/mol. The molecule has 7 nitrogen and oxygen atoms in total. The number of hydrogen-bond acceptors (Lipinski definition) is 6. The first-order chi connectivity index (χ1) is 11.1. The van der Waals surface area contributed by atoms with Crippen LogP contribution in [0.4, 0.5) is 0 Å². The van der Waals surface area contributed by atoms with Crippen molar-refractivity contribution in [2.45, 2.75) is 27.7 Å². The van der Waals surface area contributed by atoms with E-state index in [2.05, 4.69) is 26.5 Å². The molecule has 0 saturated carbocycles. The number of hydrogen-bond donors (Lipinski definition) is 0. The van der Waals surface area contributed by atoms with Crippen LogP contribution in [0.25, 0.3) is 27.9 Å². The molecule has 23 heavy (non-hydrogen) atoms. The SMILES string of the molecule is Cc1noc(C)c1-c1cc(-c2c(C)noc2C)c2ncnn2c1. The number of pyridine rings is 1. The molecule has 0 saturated heterocycles. The lowest BCUT2D eigenvalue weighted by atomic mass is 9.99. The van der Waals surface area contributed by atoms with Gasteiger partial charge >= 0.3 is 0 Å². The van der Waals surface area contributed by atoms with Crippen LogP contribution in [0.2, 0.25) is 0 Å². The lowest BCUT2D eigenvalue weighted by Crippen LogP contribution is -1.95. The van der Waals surface area contributed by atoms with Crippen molar-refractivity contribution in [3.8, 4) is 22.3 Å². The largest absolute Gasteiger partial charge is 0.361 e. The zero-order valence-corrected chi connectivity index (χ0v) is 13.3. The van der Waals surface area contributed by atoms with Gasteiger partial charge < -0.3 is 9.05 Å². The minimum atomic E-state index is 0.753. The Kier molecular flexibility index (Phi) is 2.84. The Morgan fingerprint density at radius 1 is 0.913 bits per heavy atom. The molecule has 0 N–H and O–H groups in total. The lowest BCUT2D eigenvalue weighted by molar-refractivity contribution is 0.393. The third kappa shape index (κ3) is 1.97. The number of fused-ring (bicyclic) bond motifs is 1. The van der Waals surface area contributed by atoms with Gasteiger partial charge in [0, 0.05) is 22.9 Å². The van der Waals surface area contributed by atoms with Crippen LogP contribution in [0.15, 0.2) is 27.6 Å². The van der Waals surface area contributed by atoms with Crippen molar-refractivity contribution < 1.29 is 9.05 Å². The van der Waals surface area contributed by atoms with E-state index in [1.807, 2.05) is 33.9 Å². The fourth-order valence-corrected chi connectivity index (χ4v) is 3.01. The summed E-state index contributed by atoms with van der Waals surface area (Å²) in [6, 6.07) is 2.06. The van der Waals surface area contributed by atoms with Crippen molar-refractivity contribution in [1.29, 1.82) is 0 Å². The summed E-state index contributed by atoms with van der Waals surface area (Å²) in [4.78, 5) is 4.37. The Balaban J connectivity index is 2.07. The van der Waals surface area contributed by atoms with E-state index in [4.69, 9.17) is 9.05 Å². The van der Waals surface area contributed by atoms with Crippen molar-refractivity contribution >= 4 is 5.65 Å². The van der Waals surface area contributed by atoms with Gasteiger partial charge in [0.2, 0.25) is 0 Å². The van der Waals surface area contributed by atoms with Gasteiger partial charge in [0.15, 0.2) is 5.65 Å². The molecule has 7 heteroatoms. The van der Waals surface area contributed by atoms with Crippen molar-refractivity contribution in [3.05, 3.63) is 41.5 Å². The molecule has 0 aliphatic heterocycles. The molecular formula is C16H15N5O2. The number of nitrogens with zero attached hydrogens (tertiary/aromatic N) is 5. The Bertz CT molecular complexity index is 986. The monoisotopic (exact) mass is 309 g/mol. The van der Waals surface area contributed by atoms with Crippen molar-refractivity contribution in [2.24, 2.45) is 0 Å². The quantitative estimate of drug-likeness (QED) is 0.565. The Morgan fingerprint density at radius 2 is 1.57 bits per heavy atom. The highest BCUT2D eigenvalue weighted by Gasteiger charge is 2.20. The van der Waals surface area contributed by atoms with Gasteiger partial charge in [-0.15, -0.1) is 0 Å². The van der Waals surface area contributed by atoms with Gasteiger partial charge in [-0.25, -0.2) is 9.50 Å². The van der Waals surface area contributed by atoms with Gasteiger partial charge in [-0.05, 0) is 33.8 Å². The first-order valence-corrected chi connectivity index (χ1v) is 7.26. The zero-order valence-electron chi connectivity index (χ0n) is 13.3. The van der Waals surface area contributed by atoms with E-state index < -0.39 is 0 Å². The van der Waals surface area contributed by atoms with Crippen molar-refractivity contribution in [3.63, 3.8) is 0 Å². The lowest BCUT2D eigenvalue weighted by Gasteiger charge is -2.07. The maximum absolute atomic E-state index is 5.31. The van der Waals surface area contributed by atoms with Crippen molar-refractivity contribution in [2.75, 3.05) is 0 Å². The highest BCUT2D eigenvalue weighted by Crippen LogP contribution is 2.35. The molecule has 4 aromatic heterocycles. The summed E-state index contributed by atoms with van der Waals surface area (Å²) in [5, 5.41) is 12.4. The molecule has 0 aliphatic rings. The Morgan fingerprint density at radius 3 is 2.17 bits per heavy atom. The second-order valence-corrected chi connectivity index (χ2v) is 5.57. The average Bonchev–Trinajstić information content (AvgIpc) is 3.19. The van der Waals surface area contributed by atoms with Crippen LogP contribution in [-0.4, -0.2) is 24.9 Å². The minimum Gasteiger partial charge on any atom is -0.361 e. The summed E-state index contributed by atoms with van der Waals surface area (Å²) in [7, 11) is 0. The van der Waals surface area contributed by atoms with Crippen LogP contribution < -0.4 is 0 Å². The predicted octanol–water partition coefficient (Wildman–Crippen LogP) is 3.27. The summed E-state index contributed by atoms with van der Waals surface area (Å²) >= 11 is 0. The van der Waals surface area contributed by atoms with Crippen LogP contribution in [0.3, 0.4) is 0 Å². The molecule has 0 aromatic carbocycles. The third-order valence-corrected chi connectivity index (χ3v) is 4.00. The first kappa shape index (κ1) is 13.7. The van der Waals surface area contributed by atoms with Crippen molar-refractivity contribution in [1.82, 2.24) is 24.9 Å². The normalized spacial score (nSPS) is 11.5. The molecule has 0 aliphatic carbocycles. The van der Waals surface area contributed by atoms with Gasteiger partial charge in [-0.1, -0.05) is 10.3 Å². The fourth-order valence-electron chi connectivity index (χ4n) is 3.01. The smallest absolute Gasteiger partial charge is 0.163 e. The molecule has 0 atom stereocenters. The Labute approximate surface area is 131 Å². The highest BCUT2D eigenvalue weighted by atomic mass is 16.5. The predicted molar refractivity (Wildman–Crippen MR) is 82.9 cm³/mol. The molecule has 4 aromatic rings. The van der Waals surface area contributed by atoms with E-state index in [1.54, 1.807) is 4.52 Å². The van der Waals surface area contributed by atoms with Crippen LogP contribution in [-0.2, 0) is 0 Å².